The predicted octanol–water partition coefficient (Wildman–Crippen LogP) is 2.80. The summed E-state index contributed by atoms with van der Waals surface area (Å²) in [5.74, 6) is 0.135. The maximum Gasteiger partial charge on any atom is 0.271 e. The first-order valence-corrected chi connectivity index (χ1v) is 9.05. The van der Waals surface area contributed by atoms with Crippen molar-refractivity contribution in [3.63, 3.8) is 0 Å². The van der Waals surface area contributed by atoms with Gasteiger partial charge < -0.3 is 20.1 Å². The molecule has 2 aromatic rings. The van der Waals surface area contributed by atoms with E-state index in [1.165, 1.54) is 14.0 Å². The fourth-order valence-electron chi connectivity index (χ4n) is 2.49. The lowest BCUT2D eigenvalue weighted by atomic mass is 10.2. The minimum absolute atomic E-state index is 0.0169. The number of carbonyl (C=O) groups excluding carboxylic acids is 3. The third-order valence-electron chi connectivity index (χ3n) is 3.91. The average Bonchev–Trinajstić information content (AvgIpc) is 2.72. The highest BCUT2D eigenvalue weighted by molar-refractivity contribution is 6.06. The van der Waals surface area contributed by atoms with Gasteiger partial charge in [0.05, 0.1) is 26.3 Å². The van der Waals surface area contributed by atoms with Crippen LogP contribution in [0.4, 0.5) is 11.4 Å². The van der Waals surface area contributed by atoms with Crippen LogP contribution in [0.1, 0.15) is 30.6 Å². The molecular weight excluding hydrogens is 388 g/mol. The molecule has 2 aromatic carbocycles. The highest BCUT2D eigenvalue weighted by atomic mass is 16.5. The molecule has 0 aromatic heterocycles. The Morgan fingerprint density at radius 3 is 2.23 bits per heavy atom. The third-order valence-corrected chi connectivity index (χ3v) is 3.91. The summed E-state index contributed by atoms with van der Waals surface area (Å²) in [5.41, 5.74) is 4.28. The number of hydrogen-bond donors (Lipinski definition) is 3. The van der Waals surface area contributed by atoms with E-state index >= 15 is 0 Å². The minimum atomic E-state index is -0.430. The zero-order chi connectivity index (χ0) is 22.1. The Kier molecular flexibility index (Phi) is 7.92. The summed E-state index contributed by atoms with van der Waals surface area (Å²) in [6.07, 6.45) is -0.0169. The highest BCUT2D eigenvalue weighted by Gasteiger charge is 2.11. The Bertz CT molecular complexity index is 954. The van der Waals surface area contributed by atoms with Gasteiger partial charge in [0.2, 0.25) is 11.8 Å². The molecule has 0 unspecified atom stereocenters. The molecule has 0 aliphatic heterocycles. The van der Waals surface area contributed by atoms with Gasteiger partial charge in [0.1, 0.15) is 11.5 Å². The molecule has 3 N–H and O–H groups in total. The summed E-state index contributed by atoms with van der Waals surface area (Å²) in [6, 6.07) is 11.4. The van der Waals surface area contributed by atoms with Crippen LogP contribution >= 0.6 is 0 Å². The second-order valence-corrected chi connectivity index (χ2v) is 6.34. The van der Waals surface area contributed by atoms with E-state index in [2.05, 4.69) is 21.2 Å². The van der Waals surface area contributed by atoms with Crippen LogP contribution in [0, 0.1) is 0 Å². The number of amides is 3. The average molecular weight is 412 g/mol. The number of carbonyl (C=O) groups is 3. The van der Waals surface area contributed by atoms with Crippen molar-refractivity contribution in [1.29, 1.82) is 0 Å². The van der Waals surface area contributed by atoms with Gasteiger partial charge in [0.25, 0.3) is 5.91 Å². The van der Waals surface area contributed by atoms with Gasteiger partial charge in [0.15, 0.2) is 0 Å². The van der Waals surface area contributed by atoms with E-state index < -0.39 is 5.91 Å². The van der Waals surface area contributed by atoms with Gasteiger partial charge >= 0.3 is 0 Å². The van der Waals surface area contributed by atoms with Crippen molar-refractivity contribution in [2.75, 3.05) is 24.9 Å². The van der Waals surface area contributed by atoms with Crippen LogP contribution < -0.4 is 25.5 Å². The Morgan fingerprint density at radius 1 is 0.933 bits per heavy atom. The second kappa shape index (κ2) is 10.6. The summed E-state index contributed by atoms with van der Waals surface area (Å²) in [5, 5.41) is 9.31. The number of anilines is 2. The Balaban J connectivity index is 1.92. The highest BCUT2D eigenvalue weighted by Crippen LogP contribution is 2.29. The molecule has 3 amide bonds. The van der Waals surface area contributed by atoms with Crippen molar-refractivity contribution in [1.82, 2.24) is 5.43 Å². The first kappa shape index (κ1) is 22.4. The molecule has 0 spiro atoms. The molecule has 0 aliphatic carbocycles. The molecule has 0 radical (unpaired) electrons. The molecule has 9 nitrogen and oxygen atoms in total. The zero-order valence-corrected chi connectivity index (χ0v) is 17.2. The van der Waals surface area contributed by atoms with Crippen molar-refractivity contribution in [2.45, 2.75) is 20.3 Å². The summed E-state index contributed by atoms with van der Waals surface area (Å²) in [4.78, 5) is 35.5. The topological polar surface area (TPSA) is 118 Å². The molecule has 158 valence electrons. The molecular formula is C21H24N4O5. The molecule has 0 saturated heterocycles. The van der Waals surface area contributed by atoms with Crippen LogP contribution in [-0.4, -0.2) is 37.7 Å². The largest absolute Gasteiger partial charge is 0.497 e. The smallest absolute Gasteiger partial charge is 0.271 e. The van der Waals surface area contributed by atoms with Crippen LogP contribution in [0.5, 0.6) is 11.5 Å². The van der Waals surface area contributed by atoms with Gasteiger partial charge in [-0.2, -0.15) is 5.10 Å². The fraction of sp³-hybridized carbons (Fsp3) is 0.238. The number of benzene rings is 2. The lowest BCUT2D eigenvalue weighted by Gasteiger charge is -2.11. The van der Waals surface area contributed by atoms with Gasteiger partial charge in [0, 0.05) is 30.0 Å². The molecule has 0 fully saturated rings. The summed E-state index contributed by atoms with van der Waals surface area (Å²) >= 11 is 0. The van der Waals surface area contributed by atoms with Gasteiger partial charge in [-0.1, -0.05) is 0 Å². The van der Waals surface area contributed by atoms with Crippen molar-refractivity contribution in [2.24, 2.45) is 5.10 Å². The molecule has 9 heteroatoms. The van der Waals surface area contributed by atoms with Crippen molar-refractivity contribution >= 4 is 34.8 Å². The molecule has 2 rings (SSSR count). The van der Waals surface area contributed by atoms with E-state index in [9.17, 15) is 14.4 Å². The van der Waals surface area contributed by atoms with E-state index in [4.69, 9.17) is 9.47 Å². The Morgan fingerprint density at radius 2 is 1.63 bits per heavy atom. The first-order valence-electron chi connectivity index (χ1n) is 9.05. The molecule has 0 bridgehead atoms. The third kappa shape index (κ3) is 6.62. The lowest BCUT2D eigenvalue weighted by Crippen LogP contribution is -2.21. The van der Waals surface area contributed by atoms with E-state index in [0.717, 1.165) is 0 Å². The van der Waals surface area contributed by atoms with Crippen LogP contribution in [0.15, 0.2) is 47.6 Å². The number of hydrazone groups is 1. The summed E-state index contributed by atoms with van der Waals surface area (Å²) < 4.78 is 10.4. The van der Waals surface area contributed by atoms with Crippen LogP contribution in [0.2, 0.25) is 0 Å². The minimum Gasteiger partial charge on any atom is -0.497 e. The van der Waals surface area contributed by atoms with Gasteiger partial charge in [-0.15, -0.1) is 0 Å². The van der Waals surface area contributed by atoms with Crippen molar-refractivity contribution in [3.8, 4) is 11.5 Å². The lowest BCUT2D eigenvalue weighted by molar-refractivity contribution is -0.115. The van der Waals surface area contributed by atoms with Crippen LogP contribution in [-0.2, 0) is 9.59 Å². The Labute approximate surface area is 174 Å². The van der Waals surface area contributed by atoms with E-state index in [1.54, 1.807) is 56.5 Å². The van der Waals surface area contributed by atoms with Crippen LogP contribution in [0.25, 0.3) is 0 Å². The van der Waals surface area contributed by atoms with Crippen LogP contribution in [0.3, 0.4) is 0 Å². The second-order valence-electron chi connectivity index (χ2n) is 6.34. The predicted molar refractivity (Wildman–Crippen MR) is 114 cm³/mol. The quantitative estimate of drug-likeness (QED) is 0.455. The Hall–Kier alpha value is -3.88. The fourth-order valence-corrected chi connectivity index (χ4v) is 2.49. The zero-order valence-electron chi connectivity index (χ0n) is 17.2. The van der Waals surface area contributed by atoms with Gasteiger partial charge in [-0.3, -0.25) is 14.4 Å². The van der Waals surface area contributed by atoms with Crippen molar-refractivity contribution < 1.29 is 23.9 Å². The van der Waals surface area contributed by atoms with E-state index in [-0.39, 0.29) is 18.2 Å². The van der Waals surface area contributed by atoms with E-state index in [1.807, 2.05) is 0 Å². The first-order chi connectivity index (χ1) is 14.3. The summed E-state index contributed by atoms with van der Waals surface area (Å²) in [6.45, 7) is 3.03. The number of hydrogen-bond acceptors (Lipinski definition) is 6. The van der Waals surface area contributed by atoms with E-state index in [0.29, 0.717) is 34.1 Å². The molecule has 30 heavy (non-hydrogen) atoms. The maximum atomic E-state index is 12.3. The SMILES string of the molecule is COc1ccc(NC(=O)C/C(C)=N\NC(=O)c2ccc(NC(C)=O)cc2)c(OC)c1. The van der Waals surface area contributed by atoms with Gasteiger partial charge in [-0.05, 0) is 43.3 Å². The number of nitrogens with one attached hydrogen (secondary N) is 3. The number of nitrogens with zero attached hydrogens (tertiary/aromatic N) is 1. The van der Waals surface area contributed by atoms with Crippen molar-refractivity contribution in [3.05, 3.63) is 48.0 Å². The molecule has 0 saturated carbocycles. The normalized spacial score (nSPS) is 10.7. The monoisotopic (exact) mass is 412 g/mol. The molecule has 0 atom stereocenters. The standard InChI is InChI=1S/C21H24N4O5/c1-13(11-20(27)23-18-10-9-17(29-3)12-19(18)30-4)24-25-21(28)15-5-7-16(8-6-15)22-14(2)26/h5-10,12H,11H2,1-4H3,(H,22,26)(H,23,27)(H,25,28)/b24-13-. The molecule has 0 heterocycles. The maximum absolute atomic E-state index is 12.3. The number of methoxy groups -OCH3 is 2. The molecule has 0 aliphatic rings. The summed E-state index contributed by atoms with van der Waals surface area (Å²) in [7, 11) is 3.04. The van der Waals surface area contributed by atoms with Gasteiger partial charge in [-0.25, -0.2) is 5.43 Å². The number of rotatable bonds is 8. The number of ether oxygens (including phenoxy) is 2.